The molecule has 0 aliphatic rings. The summed E-state index contributed by atoms with van der Waals surface area (Å²) in [6, 6.07) is 1.11. The van der Waals surface area contributed by atoms with Crippen LogP contribution in [0.25, 0.3) is 5.69 Å². The van der Waals surface area contributed by atoms with E-state index in [1.807, 2.05) is 0 Å². The zero-order valence-corrected chi connectivity index (χ0v) is 9.65. The Kier molecular flexibility index (Phi) is 3.42. The molecule has 0 saturated heterocycles. The number of nitrogens with one attached hydrogen (secondary N) is 1. The van der Waals surface area contributed by atoms with E-state index >= 15 is 0 Å². The topological polar surface area (TPSA) is 101 Å². The van der Waals surface area contributed by atoms with Gasteiger partial charge in [0.25, 0.3) is 0 Å². The Bertz CT molecular complexity index is 639. The Labute approximate surface area is 104 Å². The van der Waals surface area contributed by atoms with Gasteiger partial charge in [0.2, 0.25) is 0 Å². The van der Waals surface area contributed by atoms with Gasteiger partial charge in [-0.2, -0.15) is 0 Å². The lowest BCUT2D eigenvalue weighted by molar-refractivity contribution is -0.133. The number of thioether (sulfide) groups is 1. The van der Waals surface area contributed by atoms with E-state index in [0.29, 0.717) is 0 Å². The highest BCUT2D eigenvalue weighted by Crippen LogP contribution is 2.17. The lowest BCUT2D eigenvalue weighted by Crippen LogP contribution is -2.16. The fourth-order valence-electron chi connectivity index (χ4n) is 1.26. The van der Waals surface area contributed by atoms with Crippen molar-refractivity contribution < 1.29 is 14.3 Å². The predicted molar refractivity (Wildman–Crippen MR) is 60.3 cm³/mol. The number of pyridine rings is 1. The summed E-state index contributed by atoms with van der Waals surface area (Å²) in [6.07, 6.45) is 2.28. The van der Waals surface area contributed by atoms with Crippen molar-refractivity contribution in [1.82, 2.24) is 19.7 Å². The molecule has 94 valence electrons. The minimum Gasteiger partial charge on any atom is -0.481 e. The first-order valence-electron chi connectivity index (χ1n) is 4.71. The number of carboxylic acids is 1. The van der Waals surface area contributed by atoms with Crippen molar-refractivity contribution in [2.75, 3.05) is 5.75 Å². The zero-order chi connectivity index (χ0) is 13.1. The normalized spacial score (nSPS) is 10.5. The van der Waals surface area contributed by atoms with Crippen LogP contribution in [0, 0.1) is 5.82 Å². The standard InChI is InChI=1S/C9H7FN4O3S/c10-5-1-6(3-11-2-5)14-8(17)12-13-9(14)18-4-7(15)16/h1-3H,4H2,(H,12,17)(H,15,16). The number of H-pyrrole nitrogens is 1. The highest BCUT2D eigenvalue weighted by molar-refractivity contribution is 7.99. The van der Waals surface area contributed by atoms with Crippen LogP contribution in [-0.4, -0.2) is 36.6 Å². The van der Waals surface area contributed by atoms with Gasteiger partial charge in [0.1, 0.15) is 5.82 Å². The molecule has 2 N–H and O–H groups in total. The molecular formula is C9H7FN4O3S. The second-order valence-electron chi connectivity index (χ2n) is 3.19. The van der Waals surface area contributed by atoms with Crippen LogP contribution < -0.4 is 5.69 Å². The SMILES string of the molecule is O=C(O)CSc1n[nH]c(=O)n1-c1cncc(F)c1. The van der Waals surface area contributed by atoms with Crippen molar-refractivity contribution >= 4 is 17.7 Å². The number of nitrogens with zero attached hydrogens (tertiary/aromatic N) is 3. The summed E-state index contributed by atoms with van der Waals surface area (Å²) in [4.78, 5) is 25.6. The van der Waals surface area contributed by atoms with E-state index in [9.17, 15) is 14.0 Å². The van der Waals surface area contributed by atoms with Crippen molar-refractivity contribution in [3.8, 4) is 5.69 Å². The molecule has 2 heterocycles. The number of aromatic nitrogens is 4. The van der Waals surface area contributed by atoms with E-state index < -0.39 is 17.5 Å². The molecule has 18 heavy (non-hydrogen) atoms. The summed E-state index contributed by atoms with van der Waals surface area (Å²) in [5, 5.41) is 14.5. The van der Waals surface area contributed by atoms with Crippen molar-refractivity contribution in [1.29, 1.82) is 0 Å². The third-order valence-corrected chi connectivity index (χ3v) is 2.84. The van der Waals surface area contributed by atoms with Crippen molar-refractivity contribution in [2.24, 2.45) is 0 Å². The Hall–Kier alpha value is -2.16. The van der Waals surface area contributed by atoms with Gasteiger partial charge in [-0.15, -0.1) is 5.10 Å². The fourth-order valence-corrected chi connectivity index (χ4v) is 1.94. The van der Waals surface area contributed by atoms with E-state index in [1.54, 1.807) is 0 Å². The molecule has 0 fully saturated rings. The van der Waals surface area contributed by atoms with Gasteiger partial charge in [-0.25, -0.2) is 18.9 Å². The average molecular weight is 270 g/mol. The summed E-state index contributed by atoms with van der Waals surface area (Å²) in [5.74, 6) is -1.90. The maximum atomic E-state index is 13.0. The largest absolute Gasteiger partial charge is 0.481 e. The second kappa shape index (κ2) is 5.00. The first-order chi connectivity index (χ1) is 8.58. The van der Waals surface area contributed by atoms with Crippen LogP contribution in [0.4, 0.5) is 4.39 Å². The van der Waals surface area contributed by atoms with Crippen molar-refractivity contribution in [3.63, 3.8) is 0 Å². The number of carbonyl (C=O) groups is 1. The highest BCUT2D eigenvalue weighted by Gasteiger charge is 2.13. The summed E-state index contributed by atoms with van der Waals surface area (Å²) >= 11 is 0.848. The van der Waals surface area contributed by atoms with Crippen molar-refractivity contribution in [3.05, 3.63) is 34.8 Å². The van der Waals surface area contributed by atoms with Gasteiger partial charge in [0.15, 0.2) is 5.16 Å². The number of rotatable bonds is 4. The quantitative estimate of drug-likeness (QED) is 0.773. The number of hydrogen-bond acceptors (Lipinski definition) is 5. The fraction of sp³-hybridized carbons (Fsp3) is 0.111. The van der Waals surface area contributed by atoms with Gasteiger partial charge in [-0.3, -0.25) is 9.78 Å². The number of hydrogen-bond donors (Lipinski definition) is 2. The minimum absolute atomic E-state index is 0.134. The van der Waals surface area contributed by atoms with Gasteiger partial charge in [-0.05, 0) is 0 Å². The molecule has 0 bridgehead atoms. The molecule has 0 amide bonds. The van der Waals surface area contributed by atoms with Gasteiger partial charge >= 0.3 is 11.7 Å². The van der Waals surface area contributed by atoms with E-state index in [0.717, 1.165) is 28.6 Å². The molecule has 0 saturated carbocycles. The molecule has 0 aliphatic carbocycles. The van der Waals surface area contributed by atoms with Gasteiger partial charge in [0, 0.05) is 6.07 Å². The predicted octanol–water partition coefficient (Wildman–Crippen LogP) is 0.271. The molecule has 7 nitrogen and oxygen atoms in total. The Morgan fingerprint density at radius 3 is 3.00 bits per heavy atom. The Morgan fingerprint density at radius 1 is 1.56 bits per heavy atom. The molecule has 9 heteroatoms. The molecular weight excluding hydrogens is 263 g/mol. The smallest absolute Gasteiger partial charge is 0.348 e. The first kappa shape index (κ1) is 12.3. The molecule has 0 aromatic carbocycles. The van der Waals surface area contributed by atoms with Crippen LogP contribution in [-0.2, 0) is 4.79 Å². The molecule has 2 aromatic heterocycles. The summed E-state index contributed by atoms with van der Waals surface area (Å²) in [6.45, 7) is 0. The Morgan fingerprint density at radius 2 is 2.33 bits per heavy atom. The third kappa shape index (κ3) is 2.56. The van der Waals surface area contributed by atoms with Crippen molar-refractivity contribution in [2.45, 2.75) is 5.16 Å². The lowest BCUT2D eigenvalue weighted by atomic mass is 10.4. The highest BCUT2D eigenvalue weighted by atomic mass is 32.2. The molecule has 0 radical (unpaired) electrons. The minimum atomic E-state index is -1.04. The van der Waals surface area contributed by atoms with E-state index in [-0.39, 0.29) is 16.6 Å². The maximum absolute atomic E-state index is 13.0. The van der Waals surface area contributed by atoms with Gasteiger partial charge in [0.05, 0.1) is 23.8 Å². The van der Waals surface area contributed by atoms with Crippen LogP contribution in [0.15, 0.2) is 28.4 Å². The second-order valence-corrected chi connectivity index (χ2v) is 4.13. The first-order valence-corrected chi connectivity index (χ1v) is 5.69. The molecule has 0 spiro atoms. The van der Waals surface area contributed by atoms with E-state index in [2.05, 4.69) is 15.2 Å². The molecule has 0 aliphatic heterocycles. The Balaban J connectivity index is 2.40. The maximum Gasteiger partial charge on any atom is 0.348 e. The monoisotopic (exact) mass is 270 g/mol. The van der Waals surface area contributed by atoms with Gasteiger partial charge < -0.3 is 5.11 Å². The molecule has 2 aromatic rings. The van der Waals surface area contributed by atoms with E-state index in [4.69, 9.17) is 5.11 Å². The number of aromatic amines is 1. The molecule has 0 atom stereocenters. The van der Waals surface area contributed by atoms with E-state index in [1.165, 1.54) is 6.20 Å². The summed E-state index contributed by atoms with van der Waals surface area (Å²) < 4.78 is 14.1. The third-order valence-electron chi connectivity index (χ3n) is 1.91. The van der Waals surface area contributed by atoms with Gasteiger partial charge in [-0.1, -0.05) is 11.8 Å². The van der Waals surface area contributed by atoms with Crippen LogP contribution >= 0.6 is 11.8 Å². The molecule has 2 rings (SSSR count). The van der Waals surface area contributed by atoms with Crippen LogP contribution in [0.5, 0.6) is 0 Å². The number of aliphatic carboxylic acids is 1. The van der Waals surface area contributed by atoms with Crippen LogP contribution in [0.1, 0.15) is 0 Å². The van der Waals surface area contributed by atoms with Crippen LogP contribution in [0.2, 0.25) is 0 Å². The zero-order valence-electron chi connectivity index (χ0n) is 8.83. The lowest BCUT2D eigenvalue weighted by Gasteiger charge is -2.03. The summed E-state index contributed by atoms with van der Waals surface area (Å²) in [7, 11) is 0. The summed E-state index contributed by atoms with van der Waals surface area (Å²) in [5.41, 5.74) is -0.406. The molecule has 0 unspecified atom stereocenters. The van der Waals surface area contributed by atoms with Crippen LogP contribution in [0.3, 0.4) is 0 Å². The number of carboxylic acid groups (broad SMARTS) is 1. The average Bonchev–Trinajstić information content (AvgIpc) is 2.68. The number of halogens is 1.